The number of aromatic nitrogens is 2. The second kappa shape index (κ2) is 6.38. The number of amides is 1. The molecular formula is C12H9Cl2N3O3S. The summed E-state index contributed by atoms with van der Waals surface area (Å²) in [5.41, 5.74) is 0.139. The number of pyridine rings is 1. The van der Waals surface area contributed by atoms with Crippen molar-refractivity contribution in [2.24, 2.45) is 0 Å². The van der Waals surface area contributed by atoms with Crippen LogP contribution in [0.5, 0.6) is 0 Å². The third kappa shape index (κ3) is 3.69. The average Bonchev–Trinajstić information content (AvgIpc) is 2.91. The van der Waals surface area contributed by atoms with E-state index >= 15 is 0 Å². The molecule has 2 heterocycles. The van der Waals surface area contributed by atoms with Gasteiger partial charge in [0.05, 0.1) is 16.6 Å². The van der Waals surface area contributed by atoms with Crippen molar-refractivity contribution in [2.75, 3.05) is 0 Å². The van der Waals surface area contributed by atoms with Crippen LogP contribution in [-0.2, 0) is 0 Å². The number of nitrogens with zero attached hydrogens (tertiary/aromatic N) is 2. The predicted molar refractivity (Wildman–Crippen MR) is 79.2 cm³/mol. The number of carbonyl (C=O) groups excluding carboxylic acids is 1. The molecule has 1 atom stereocenters. The van der Waals surface area contributed by atoms with E-state index in [9.17, 15) is 9.59 Å². The topological polar surface area (TPSA) is 92.2 Å². The normalized spacial score (nSPS) is 12.0. The van der Waals surface area contributed by atoms with Crippen LogP contribution in [0.2, 0.25) is 10.2 Å². The number of carbonyl (C=O) groups is 2. The van der Waals surface area contributed by atoms with Crippen molar-refractivity contribution in [2.45, 2.75) is 13.0 Å². The molecule has 21 heavy (non-hydrogen) atoms. The van der Waals surface area contributed by atoms with Gasteiger partial charge in [0.15, 0.2) is 5.69 Å². The number of thiazole rings is 1. The summed E-state index contributed by atoms with van der Waals surface area (Å²) in [5, 5.41) is 13.7. The summed E-state index contributed by atoms with van der Waals surface area (Å²) in [5.74, 6) is -1.55. The molecule has 0 aliphatic carbocycles. The van der Waals surface area contributed by atoms with Crippen molar-refractivity contribution in [3.05, 3.63) is 44.1 Å². The smallest absolute Gasteiger partial charge is 0.355 e. The average molecular weight is 346 g/mol. The van der Waals surface area contributed by atoms with Gasteiger partial charge in [0.25, 0.3) is 5.91 Å². The highest BCUT2D eigenvalue weighted by Gasteiger charge is 2.18. The van der Waals surface area contributed by atoms with Crippen molar-refractivity contribution in [1.82, 2.24) is 15.3 Å². The van der Waals surface area contributed by atoms with Gasteiger partial charge in [0.1, 0.15) is 10.2 Å². The molecule has 0 aromatic carbocycles. The van der Waals surface area contributed by atoms with Gasteiger partial charge < -0.3 is 10.4 Å². The first-order valence-corrected chi connectivity index (χ1v) is 7.32. The van der Waals surface area contributed by atoms with E-state index in [0.29, 0.717) is 5.01 Å². The molecule has 2 rings (SSSR count). The zero-order valence-corrected chi connectivity index (χ0v) is 13.0. The van der Waals surface area contributed by atoms with Gasteiger partial charge in [-0.05, 0) is 13.0 Å². The van der Waals surface area contributed by atoms with E-state index in [2.05, 4.69) is 15.3 Å². The van der Waals surface area contributed by atoms with Crippen LogP contribution < -0.4 is 5.32 Å². The molecule has 0 saturated carbocycles. The molecule has 0 bridgehead atoms. The largest absolute Gasteiger partial charge is 0.476 e. The van der Waals surface area contributed by atoms with Crippen LogP contribution in [-0.4, -0.2) is 27.0 Å². The van der Waals surface area contributed by atoms with Crippen molar-refractivity contribution in [3.8, 4) is 0 Å². The minimum Gasteiger partial charge on any atom is -0.476 e. The Labute approximate surface area is 133 Å². The van der Waals surface area contributed by atoms with E-state index in [1.54, 1.807) is 6.92 Å². The van der Waals surface area contributed by atoms with Crippen LogP contribution in [0.25, 0.3) is 0 Å². The Morgan fingerprint density at radius 2 is 2.14 bits per heavy atom. The second-order valence-corrected chi connectivity index (χ2v) is 5.74. The molecule has 0 spiro atoms. The molecule has 1 amide bonds. The highest BCUT2D eigenvalue weighted by molar-refractivity contribution is 7.09. The van der Waals surface area contributed by atoms with Gasteiger partial charge in [-0.3, -0.25) is 4.79 Å². The SMILES string of the molecule is CC(NC(=O)c1cc(Cl)ncc1Cl)c1nc(C(=O)O)cs1. The number of carboxylic acids is 1. The first-order valence-electron chi connectivity index (χ1n) is 5.69. The lowest BCUT2D eigenvalue weighted by Crippen LogP contribution is -2.27. The Kier molecular flexibility index (Phi) is 4.76. The van der Waals surface area contributed by atoms with Crippen molar-refractivity contribution in [1.29, 1.82) is 0 Å². The molecule has 2 aromatic rings. The summed E-state index contributed by atoms with van der Waals surface area (Å²) in [6, 6.07) is 0.898. The maximum absolute atomic E-state index is 12.1. The second-order valence-electron chi connectivity index (χ2n) is 4.06. The van der Waals surface area contributed by atoms with Gasteiger partial charge in [-0.1, -0.05) is 23.2 Å². The molecule has 2 N–H and O–H groups in total. The van der Waals surface area contributed by atoms with Gasteiger partial charge in [-0.25, -0.2) is 14.8 Å². The number of hydrogen-bond acceptors (Lipinski definition) is 5. The van der Waals surface area contributed by atoms with Gasteiger partial charge in [-0.15, -0.1) is 11.3 Å². The van der Waals surface area contributed by atoms with Gasteiger partial charge in [0, 0.05) is 11.6 Å². The summed E-state index contributed by atoms with van der Waals surface area (Å²) < 4.78 is 0. The Morgan fingerprint density at radius 1 is 1.43 bits per heavy atom. The molecule has 2 aromatic heterocycles. The number of nitrogens with one attached hydrogen (secondary N) is 1. The van der Waals surface area contributed by atoms with Crippen molar-refractivity contribution < 1.29 is 14.7 Å². The number of hydrogen-bond donors (Lipinski definition) is 2. The minimum absolute atomic E-state index is 0.0545. The van der Waals surface area contributed by atoms with Crippen molar-refractivity contribution >= 4 is 46.4 Å². The molecule has 110 valence electrons. The maximum atomic E-state index is 12.1. The van der Waals surface area contributed by atoms with Gasteiger partial charge in [0.2, 0.25) is 0 Å². The third-order valence-electron chi connectivity index (χ3n) is 2.53. The molecule has 0 aliphatic rings. The standard InChI is InChI=1S/C12H9Cl2N3O3S/c1-5(11-17-8(4-21-11)12(19)20)16-10(18)6-2-9(14)15-3-7(6)13/h2-5H,1H3,(H,16,18)(H,19,20). The molecule has 0 fully saturated rings. The molecule has 1 unspecified atom stereocenters. The Hall–Kier alpha value is -1.70. The first kappa shape index (κ1) is 15.7. The number of rotatable bonds is 4. The van der Waals surface area contributed by atoms with Crippen LogP contribution >= 0.6 is 34.5 Å². The van der Waals surface area contributed by atoms with Crippen LogP contribution in [0, 0.1) is 0 Å². The molecule has 0 saturated heterocycles. The quantitative estimate of drug-likeness (QED) is 0.830. The zero-order chi connectivity index (χ0) is 15.6. The lowest BCUT2D eigenvalue weighted by atomic mass is 10.2. The maximum Gasteiger partial charge on any atom is 0.355 e. The van der Waals surface area contributed by atoms with Crippen LogP contribution in [0.15, 0.2) is 17.6 Å². The lowest BCUT2D eigenvalue weighted by Gasteiger charge is -2.12. The first-order chi connectivity index (χ1) is 9.88. The molecule has 0 aliphatic heterocycles. The van der Waals surface area contributed by atoms with Crippen LogP contribution in [0.1, 0.15) is 38.8 Å². The fourth-order valence-electron chi connectivity index (χ4n) is 1.51. The summed E-state index contributed by atoms with van der Waals surface area (Å²) in [6.07, 6.45) is 1.29. The summed E-state index contributed by atoms with van der Waals surface area (Å²) in [4.78, 5) is 30.6. The summed E-state index contributed by atoms with van der Waals surface area (Å²) in [6.45, 7) is 1.69. The van der Waals surface area contributed by atoms with Gasteiger partial charge >= 0.3 is 5.97 Å². The fourth-order valence-corrected chi connectivity index (χ4v) is 2.66. The number of aromatic carboxylic acids is 1. The van der Waals surface area contributed by atoms with E-state index in [0.717, 1.165) is 11.3 Å². The summed E-state index contributed by atoms with van der Waals surface area (Å²) in [7, 11) is 0. The predicted octanol–water partition coefficient (Wildman–Crippen LogP) is 3.03. The zero-order valence-electron chi connectivity index (χ0n) is 10.6. The van der Waals surface area contributed by atoms with Crippen molar-refractivity contribution in [3.63, 3.8) is 0 Å². The highest BCUT2D eigenvalue weighted by atomic mass is 35.5. The molecule has 6 nitrogen and oxygen atoms in total. The number of carboxylic acid groups (broad SMARTS) is 1. The molecule has 0 radical (unpaired) electrons. The Bertz CT molecular complexity index is 705. The van der Waals surface area contributed by atoms with Crippen LogP contribution in [0.3, 0.4) is 0 Å². The van der Waals surface area contributed by atoms with E-state index in [1.807, 2.05) is 0 Å². The third-order valence-corrected chi connectivity index (χ3v) is 4.06. The highest BCUT2D eigenvalue weighted by Crippen LogP contribution is 2.21. The number of halogens is 2. The molecular weight excluding hydrogens is 337 g/mol. The Morgan fingerprint density at radius 3 is 2.76 bits per heavy atom. The monoisotopic (exact) mass is 345 g/mol. The van der Waals surface area contributed by atoms with Gasteiger partial charge in [-0.2, -0.15) is 0 Å². The Balaban J connectivity index is 2.14. The van der Waals surface area contributed by atoms with E-state index < -0.39 is 17.9 Å². The van der Waals surface area contributed by atoms with Crippen LogP contribution in [0.4, 0.5) is 0 Å². The molecule has 9 heteroatoms. The minimum atomic E-state index is -1.11. The van der Waals surface area contributed by atoms with E-state index in [1.165, 1.54) is 17.6 Å². The lowest BCUT2D eigenvalue weighted by molar-refractivity contribution is 0.0691. The van der Waals surface area contributed by atoms with E-state index in [4.69, 9.17) is 28.3 Å². The van der Waals surface area contributed by atoms with E-state index in [-0.39, 0.29) is 21.4 Å². The summed E-state index contributed by atoms with van der Waals surface area (Å²) >= 11 is 12.8. The fraction of sp³-hybridized carbons (Fsp3) is 0.167.